The molecule has 1 fully saturated rings. The number of nitrogens with one attached hydrogen (secondary N) is 1. The van der Waals surface area contributed by atoms with Crippen LogP contribution in [0.25, 0.3) is 10.9 Å². The number of nitrogens with two attached hydrogens (primary N) is 1. The molecule has 0 unspecified atom stereocenters. The number of anilines is 2. The maximum Gasteiger partial charge on any atom is 0.259 e. The van der Waals surface area contributed by atoms with Gasteiger partial charge >= 0.3 is 0 Å². The van der Waals surface area contributed by atoms with Gasteiger partial charge in [-0.3, -0.25) is 4.79 Å². The summed E-state index contributed by atoms with van der Waals surface area (Å²) in [7, 11) is -3.96. The van der Waals surface area contributed by atoms with Gasteiger partial charge in [-0.2, -0.15) is 0 Å². The number of primary sulfonamides is 1. The molecule has 1 amide bonds. The summed E-state index contributed by atoms with van der Waals surface area (Å²) in [5.74, 6) is -3.10. The highest BCUT2D eigenvalue weighted by Gasteiger charge is 2.33. The first-order chi connectivity index (χ1) is 15.5. The predicted molar refractivity (Wildman–Crippen MR) is 124 cm³/mol. The van der Waals surface area contributed by atoms with Crippen molar-refractivity contribution >= 4 is 49.9 Å². The molecule has 1 saturated heterocycles. The van der Waals surface area contributed by atoms with Crippen LogP contribution in [0.3, 0.4) is 0 Å². The number of hydrogen-bond donors (Lipinski definition) is 2. The Kier molecular flexibility index (Phi) is 6.26. The minimum Gasteiger partial charge on any atom is -0.356 e. The molecule has 0 radical (unpaired) electrons. The first kappa shape index (κ1) is 23.3. The van der Waals surface area contributed by atoms with E-state index in [1.807, 2.05) is 0 Å². The Morgan fingerprint density at radius 3 is 2.64 bits per heavy atom. The summed E-state index contributed by atoms with van der Waals surface area (Å²) in [6.45, 7) is 0.330. The average Bonchev–Trinajstić information content (AvgIpc) is 2.93. The largest absolute Gasteiger partial charge is 0.356 e. The van der Waals surface area contributed by atoms with Gasteiger partial charge in [-0.1, -0.05) is 29.8 Å². The van der Waals surface area contributed by atoms with Crippen molar-refractivity contribution in [3.05, 3.63) is 59.1 Å². The molecule has 11 heteroatoms. The second-order valence-corrected chi connectivity index (χ2v) is 9.86. The average molecular weight is 495 g/mol. The van der Waals surface area contributed by atoms with Crippen LogP contribution < -0.4 is 15.4 Å². The van der Waals surface area contributed by atoms with Crippen molar-refractivity contribution in [1.29, 1.82) is 0 Å². The van der Waals surface area contributed by atoms with Gasteiger partial charge in [-0.05, 0) is 36.8 Å². The van der Waals surface area contributed by atoms with Crippen LogP contribution in [0.5, 0.6) is 0 Å². The van der Waals surface area contributed by atoms with Crippen LogP contribution in [-0.2, 0) is 10.0 Å². The van der Waals surface area contributed by atoms with Crippen LogP contribution >= 0.6 is 11.6 Å². The number of fused-ring (bicyclic) bond motifs is 1. The second kappa shape index (κ2) is 8.85. The number of hydrogen-bond acceptors (Lipinski definition) is 5. The zero-order chi connectivity index (χ0) is 23.8. The van der Waals surface area contributed by atoms with E-state index in [1.54, 1.807) is 29.2 Å². The summed E-state index contributed by atoms with van der Waals surface area (Å²) in [5, 5.41) is 8.81. The maximum atomic E-state index is 13.9. The molecule has 0 atom stereocenters. The van der Waals surface area contributed by atoms with Crippen molar-refractivity contribution in [1.82, 2.24) is 4.98 Å². The molecule has 0 spiro atoms. The molecular weight excluding hydrogens is 474 g/mol. The third-order valence-corrected chi connectivity index (χ3v) is 6.68. The van der Waals surface area contributed by atoms with Crippen molar-refractivity contribution in [2.75, 3.05) is 23.3 Å². The van der Waals surface area contributed by atoms with Crippen molar-refractivity contribution in [2.24, 2.45) is 5.14 Å². The van der Waals surface area contributed by atoms with Crippen LogP contribution in [0.1, 0.15) is 29.6 Å². The Balaban J connectivity index is 1.76. The standard InChI is InChI=1S/C22H21ClF2N4O3S/c23-18-7-1-4-14-12-17(21(30)27-15-5-2-6-16(13-15)33(26,31)32)20(28-19(14)18)29-10-3-8-22(24,25)9-11-29/h1-2,4-7,12-13H,3,8-11H2,(H,27,30)(H2,26,31,32). The zero-order valence-corrected chi connectivity index (χ0v) is 19.0. The lowest BCUT2D eigenvalue weighted by Gasteiger charge is -2.24. The van der Waals surface area contributed by atoms with Crippen molar-refractivity contribution in [2.45, 2.75) is 30.1 Å². The summed E-state index contributed by atoms with van der Waals surface area (Å²) >= 11 is 6.30. The number of rotatable bonds is 4. The fraction of sp³-hybridized carbons (Fsp3) is 0.273. The van der Waals surface area contributed by atoms with Crippen LogP contribution in [0.15, 0.2) is 53.4 Å². The molecule has 3 aromatic rings. The number of benzene rings is 2. The number of amides is 1. The molecule has 0 bridgehead atoms. The number of alkyl halides is 2. The van der Waals surface area contributed by atoms with Crippen LogP contribution in [0, 0.1) is 0 Å². The molecule has 2 aromatic carbocycles. The van der Waals surface area contributed by atoms with E-state index in [-0.39, 0.29) is 47.8 Å². The molecule has 2 heterocycles. The molecule has 7 nitrogen and oxygen atoms in total. The predicted octanol–water partition coefficient (Wildman–Crippen LogP) is 4.41. The van der Waals surface area contributed by atoms with E-state index >= 15 is 0 Å². The number of carbonyl (C=O) groups is 1. The van der Waals surface area contributed by atoms with Crippen LogP contribution in [0.4, 0.5) is 20.3 Å². The summed E-state index contributed by atoms with van der Waals surface area (Å²) in [6.07, 6.45) is -0.348. The Hall–Kier alpha value is -2.82. The van der Waals surface area contributed by atoms with Gasteiger partial charge in [0.2, 0.25) is 15.9 Å². The lowest BCUT2D eigenvalue weighted by atomic mass is 10.1. The van der Waals surface area contributed by atoms with Gasteiger partial charge in [0, 0.05) is 37.0 Å². The normalized spacial score (nSPS) is 16.4. The monoisotopic (exact) mass is 494 g/mol. The van der Waals surface area contributed by atoms with Crippen molar-refractivity contribution in [3.63, 3.8) is 0 Å². The van der Waals surface area contributed by atoms with Gasteiger partial charge in [-0.25, -0.2) is 27.3 Å². The smallest absolute Gasteiger partial charge is 0.259 e. The highest BCUT2D eigenvalue weighted by atomic mass is 35.5. The Morgan fingerprint density at radius 2 is 1.88 bits per heavy atom. The first-order valence-electron chi connectivity index (χ1n) is 10.2. The SMILES string of the molecule is NS(=O)(=O)c1cccc(NC(=O)c2cc3cccc(Cl)c3nc2N2CCCC(F)(F)CC2)c1. The summed E-state index contributed by atoms with van der Waals surface area (Å²) < 4.78 is 51.2. The fourth-order valence-corrected chi connectivity index (χ4v) is 4.57. The minimum absolute atomic E-state index is 0.0249. The minimum atomic E-state index is -3.96. The summed E-state index contributed by atoms with van der Waals surface area (Å²) in [6, 6.07) is 12.2. The van der Waals surface area contributed by atoms with Gasteiger partial charge in [0.1, 0.15) is 5.82 Å². The number of aromatic nitrogens is 1. The zero-order valence-electron chi connectivity index (χ0n) is 17.4. The number of sulfonamides is 1. The van der Waals surface area contributed by atoms with Crippen LogP contribution in [0.2, 0.25) is 5.02 Å². The molecule has 174 valence electrons. The van der Waals surface area contributed by atoms with Gasteiger partial charge in [0.05, 0.1) is 21.0 Å². The maximum absolute atomic E-state index is 13.9. The van der Waals surface area contributed by atoms with E-state index in [4.69, 9.17) is 16.7 Å². The fourth-order valence-electron chi connectivity index (χ4n) is 3.79. The van der Waals surface area contributed by atoms with E-state index in [0.717, 1.165) is 0 Å². The Bertz CT molecular complexity index is 1330. The molecule has 0 aliphatic carbocycles. The Labute approximate surface area is 194 Å². The highest BCUT2D eigenvalue weighted by molar-refractivity contribution is 7.89. The molecule has 3 N–H and O–H groups in total. The van der Waals surface area contributed by atoms with E-state index in [2.05, 4.69) is 10.3 Å². The van der Waals surface area contributed by atoms with E-state index in [0.29, 0.717) is 22.5 Å². The quantitative estimate of drug-likeness (QED) is 0.558. The lowest BCUT2D eigenvalue weighted by molar-refractivity contribution is -0.0102. The van der Waals surface area contributed by atoms with Gasteiger partial charge in [-0.15, -0.1) is 0 Å². The molecule has 4 rings (SSSR count). The molecule has 0 saturated carbocycles. The molecule has 1 aliphatic rings. The Morgan fingerprint density at radius 1 is 1.12 bits per heavy atom. The number of nitrogens with zero attached hydrogens (tertiary/aromatic N) is 2. The number of halogens is 3. The third kappa shape index (κ3) is 5.23. The molecule has 1 aliphatic heterocycles. The number of para-hydroxylation sites is 1. The summed E-state index contributed by atoms with van der Waals surface area (Å²) in [5.41, 5.74) is 0.833. The lowest BCUT2D eigenvalue weighted by Crippen LogP contribution is -2.29. The number of pyridine rings is 1. The van der Waals surface area contributed by atoms with E-state index in [9.17, 15) is 22.0 Å². The highest BCUT2D eigenvalue weighted by Crippen LogP contribution is 2.33. The van der Waals surface area contributed by atoms with Gasteiger partial charge < -0.3 is 10.2 Å². The van der Waals surface area contributed by atoms with E-state index in [1.165, 1.54) is 24.3 Å². The summed E-state index contributed by atoms with van der Waals surface area (Å²) in [4.78, 5) is 19.3. The van der Waals surface area contributed by atoms with Crippen molar-refractivity contribution < 1.29 is 22.0 Å². The third-order valence-electron chi connectivity index (χ3n) is 5.46. The topological polar surface area (TPSA) is 105 Å². The molecule has 33 heavy (non-hydrogen) atoms. The van der Waals surface area contributed by atoms with Gasteiger partial charge in [0.25, 0.3) is 5.91 Å². The number of carbonyl (C=O) groups excluding carboxylic acids is 1. The van der Waals surface area contributed by atoms with Gasteiger partial charge in [0.15, 0.2) is 0 Å². The molecule has 1 aromatic heterocycles. The second-order valence-electron chi connectivity index (χ2n) is 7.89. The first-order valence-corrected chi connectivity index (χ1v) is 12.1. The van der Waals surface area contributed by atoms with Crippen LogP contribution in [-0.4, -0.2) is 38.3 Å². The molecular formula is C22H21ClF2N4O3S. The van der Waals surface area contributed by atoms with Crippen molar-refractivity contribution in [3.8, 4) is 0 Å². The van der Waals surface area contributed by atoms with E-state index < -0.39 is 21.9 Å².